The molecule has 9 heteroatoms. The van der Waals surface area contributed by atoms with Crippen LogP contribution < -0.4 is 5.32 Å². The van der Waals surface area contributed by atoms with Crippen LogP contribution in [-0.2, 0) is 14.3 Å². The molecule has 1 heterocycles. The van der Waals surface area contributed by atoms with Gasteiger partial charge in [-0.1, -0.05) is 352 Å². The fourth-order valence-electron chi connectivity index (χ4n) is 12.0. The predicted octanol–water partition coefficient (Wildman–Crippen LogP) is 20.2. The van der Waals surface area contributed by atoms with Crippen LogP contribution in [0.1, 0.15) is 373 Å². The molecule has 0 aromatic heterocycles. The van der Waals surface area contributed by atoms with Gasteiger partial charge in [-0.3, -0.25) is 4.79 Å². The van der Waals surface area contributed by atoms with Crippen LogP contribution in [0.2, 0.25) is 0 Å². The van der Waals surface area contributed by atoms with Crippen LogP contribution >= 0.6 is 0 Å². The highest BCUT2D eigenvalue weighted by atomic mass is 16.7. The van der Waals surface area contributed by atoms with Crippen molar-refractivity contribution < 1.29 is 39.8 Å². The first-order valence-corrected chi connectivity index (χ1v) is 36.7. The summed E-state index contributed by atoms with van der Waals surface area (Å²) in [7, 11) is 0. The number of allylic oxidation sites excluding steroid dienone is 6. The van der Waals surface area contributed by atoms with Gasteiger partial charge in [-0.05, 0) is 51.4 Å². The van der Waals surface area contributed by atoms with Crippen LogP contribution in [0.25, 0.3) is 0 Å². The lowest BCUT2D eigenvalue weighted by atomic mass is 9.99. The van der Waals surface area contributed by atoms with Gasteiger partial charge in [-0.25, -0.2) is 0 Å². The van der Waals surface area contributed by atoms with Crippen molar-refractivity contribution in [1.29, 1.82) is 0 Å². The van der Waals surface area contributed by atoms with Crippen LogP contribution in [0.15, 0.2) is 36.5 Å². The zero-order valence-corrected chi connectivity index (χ0v) is 55.0. The molecule has 1 rings (SSSR count). The van der Waals surface area contributed by atoms with Crippen molar-refractivity contribution in [3.05, 3.63) is 36.5 Å². The first-order chi connectivity index (χ1) is 40.8. The largest absolute Gasteiger partial charge is 0.394 e. The molecule has 1 fully saturated rings. The van der Waals surface area contributed by atoms with E-state index in [-0.39, 0.29) is 12.5 Å². The molecule has 9 nitrogen and oxygen atoms in total. The van der Waals surface area contributed by atoms with Crippen molar-refractivity contribution in [1.82, 2.24) is 5.32 Å². The number of carbonyl (C=O) groups excluding carboxylic acids is 1. The highest BCUT2D eigenvalue weighted by Gasteiger charge is 2.44. The van der Waals surface area contributed by atoms with Crippen molar-refractivity contribution in [3.63, 3.8) is 0 Å². The Hall–Kier alpha value is -1.59. The minimum absolute atomic E-state index is 0.136. The maximum absolute atomic E-state index is 13.2. The Balaban J connectivity index is 2.09. The minimum Gasteiger partial charge on any atom is -0.394 e. The molecule has 0 bridgehead atoms. The molecule has 0 radical (unpaired) electrons. The number of nitrogens with one attached hydrogen (secondary N) is 1. The van der Waals surface area contributed by atoms with Gasteiger partial charge in [0.15, 0.2) is 6.29 Å². The van der Waals surface area contributed by atoms with Gasteiger partial charge in [0.2, 0.25) is 5.91 Å². The van der Waals surface area contributed by atoms with Crippen LogP contribution in [0.3, 0.4) is 0 Å². The predicted molar refractivity (Wildman–Crippen MR) is 355 cm³/mol. The van der Waals surface area contributed by atoms with Gasteiger partial charge in [0.25, 0.3) is 0 Å². The number of ether oxygens (including phenoxy) is 2. The average Bonchev–Trinajstić information content (AvgIpc) is 3.60. The molecule has 1 amide bonds. The van der Waals surface area contributed by atoms with Crippen LogP contribution in [0, 0.1) is 0 Å². The van der Waals surface area contributed by atoms with Crippen molar-refractivity contribution in [2.45, 2.75) is 416 Å². The number of carbonyl (C=O) groups is 1. The van der Waals surface area contributed by atoms with E-state index in [0.717, 1.165) is 51.4 Å². The summed E-state index contributed by atoms with van der Waals surface area (Å²) in [5.41, 5.74) is 0. The van der Waals surface area contributed by atoms with Crippen molar-refractivity contribution >= 4 is 5.91 Å². The van der Waals surface area contributed by atoms with Crippen LogP contribution in [0.4, 0.5) is 0 Å². The number of rotatable bonds is 65. The van der Waals surface area contributed by atoms with E-state index in [2.05, 4.69) is 55.6 Å². The fourth-order valence-corrected chi connectivity index (χ4v) is 12.0. The quantitative estimate of drug-likeness (QED) is 0.0261. The van der Waals surface area contributed by atoms with Crippen LogP contribution in [0.5, 0.6) is 0 Å². The summed E-state index contributed by atoms with van der Waals surface area (Å²) in [6, 6.07) is -0.722. The standard InChI is InChI=1S/C74H141NO8/c1-3-5-7-9-11-13-15-17-19-21-23-25-27-29-31-32-33-34-35-36-38-39-41-43-45-47-49-51-53-55-57-59-61-63-68(77)67(66-82-74-73(81)72(80)71(79)69(65-76)83-74)75-70(78)64-62-60-58-56-54-52-50-48-46-44-42-40-37-30-28-26-24-22-20-18-16-14-12-10-8-6-4-2/h16,18,22,24,28,30,67-69,71-74,76-77,79-81H,3-15,17,19-21,23,25-27,29,31-66H2,1-2H3,(H,75,78)/b18-16-,24-22-,30-28-. The summed E-state index contributed by atoms with van der Waals surface area (Å²) in [6.45, 7) is 3.88. The Morgan fingerprint density at radius 1 is 0.410 bits per heavy atom. The van der Waals surface area contributed by atoms with E-state index in [4.69, 9.17) is 9.47 Å². The van der Waals surface area contributed by atoms with E-state index in [1.165, 1.54) is 295 Å². The minimum atomic E-state index is -1.56. The van der Waals surface area contributed by atoms with Crippen molar-refractivity contribution in [2.24, 2.45) is 0 Å². The lowest BCUT2D eigenvalue weighted by molar-refractivity contribution is -0.302. The molecule has 0 aliphatic carbocycles. The zero-order valence-electron chi connectivity index (χ0n) is 55.0. The second-order valence-corrected chi connectivity index (χ2v) is 25.7. The summed E-state index contributed by atoms with van der Waals surface area (Å²) in [4.78, 5) is 13.2. The van der Waals surface area contributed by atoms with E-state index in [9.17, 15) is 30.3 Å². The molecule has 490 valence electrons. The van der Waals surface area contributed by atoms with Crippen LogP contribution in [-0.4, -0.2) is 87.5 Å². The molecule has 6 N–H and O–H groups in total. The maximum Gasteiger partial charge on any atom is 0.220 e. The van der Waals surface area contributed by atoms with Gasteiger partial charge < -0.3 is 40.3 Å². The number of hydrogen-bond acceptors (Lipinski definition) is 8. The molecular weight excluding hydrogens is 1030 g/mol. The fraction of sp³-hybridized carbons (Fsp3) is 0.905. The van der Waals surface area contributed by atoms with E-state index in [1.54, 1.807) is 0 Å². The third kappa shape index (κ3) is 52.1. The van der Waals surface area contributed by atoms with E-state index in [1.807, 2.05) is 0 Å². The lowest BCUT2D eigenvalue weighted by Crippen LogP contribution is -2.60. The first kappa shape index (κ1) is 79.4. The monoisotopic (exact) mass is 1170 g/mol. The van der Waals surface area contributed by atoms with E-state index >= 15 is 0 Å². The van der Waals surface area contributed by atoms with E-state index < -0.39 is 49.5 Å². The number of aliphatic hydroxyl groups excluding tert-OH is 5. The van der Waals surface area contributed by atoms with Crippen molar-refractivity contribution in [2.75, 3.05) is 13.2 Å². The summed E-state index contributed by atoms with van der Waals surface area (Å²) >= 11 is 0. The number of unbranched alkanes of at least 4 members (excludes halogenated alkanes) is 49. The molecule has 0 saturated carbocycles. The summed E-state index contributed by atoms with van der Waals surface area (Å²) in [6.07, 6.45) is 77.9. The molecular formula is C74H141NO8. The van der Waals surface area contributed by atoms with Crippen molar-refractivity contribution in [3.8, 4) is 0 Å². The Morgan fingerprint density at radius 3 is 1.05 bits per heavy atom. The topological polar surface area (TPSA) is 149 Å². The van der Waals surface area contributed by atoms with Gasteiger partial charge in [-0.15, -0.1) is 0 Å². The normalized spacial score (nSPS) is 18.4. The smallest absolute Gasteiger partial charge is 0.220 e. The third-order valence-corrected chi connectivity index (χ3v) is 17.7. The second kappa shape index (κ2) is 63.4. The molecule has 0 aromatic carbocycles. The highest BCUT2D eigenvalue weighted by Crippen LogP contribution is 2.24. The maximum atomic E-state index is 13.2. The SMILES string of the molecule is CCCCCCC/C=C\C/C=C\C/C=C\CCCCCCCCCCCCCCC(=O)NC(COC1OC(CO)C(O)C(O)C1O)C(O)CCCCCCCCCCCCCCCCCCCCCCCCCCCCCCCCCCC. The van der Waals surface area contributed by atoms with Gasteiger partial charge in [0, 0.05) is 6.42 Å². The molecule has 0 aromatic rings. The number of aliphatic hydroxyl groups is 5. The Bertz CT molecular complexity index is 1410. The van der Waals surface area contributed by atoms with Gasteiger partial charge >= 0.3 is 0 Å². The first-order valence-electron chi connectivity index (χ1n) is 36.7. The molecule has 1 aliphatic rings. The summed E-state index contributed by atoms with van der Waals surface area (Å²) in [5, 5.41) is 55.0. The molecule has 0 spiro atoms. The molecule has 1 saturated heterocycles. The van der Waals surface area contributed by atoms with Gasteiger partial charge in [0.05, 0.1) is 25.4 Å². The zero-order chi connectivity index (χ0) is 60.0. The Kier molecular flexibility index (Phi) is 60.7. The Labute approximate surface area is 514 Å². The molecule has 7 atom stereocenters. The molecule has 83 heavy (non-hydrogen) atoms. The van der Waals surface area contributed by atoms with E-state index in [0.29, 0.717) is 12.8 Å². The average molecular weight is 1170 g/mol. The summed E-state index contributed by atoms with van der Waals surface area (Å²) in [5.74, 6) is -0.141. The third-order valence-electron chi connectivity index (χ3n) is 17.7. The summed E-state index contributed by atoms with van der Waals surface area (Å²) < 4.78 is 11.4. The number of amides is 1. The number of hydrogen-bond donors (Lipinski definition) is 6. The molecule has 1 aliphatic heterocycles. The van der Waals surface area contributed by atoms with Gasteiger partial charge in [-0.2, -0.15) is 0 Å². The second-order valence-electron chi connectivity index (χ2n) is 25.7. The molecule has 7 unspecified atom stereocenters. The highest BCUT2D eigenvalue weighted by molar-refractivity contribution is 5.76. The van der Waals surface area contributed by atoms with Gasteiger partial charge in [0.1, 0.15) is 24.4 Å². The lowest BCUT2D eigenvalue weighted by Gasteiger charge is -2.40. The Morgan fingerprint density at radius 2 is 0.711 bits per heavy atom.